The molecule has 0 aliphatic carbocycles. The second-order valence-electron chi connectivity index (χ2n) is 7.44. The Bertz CT molecular complexity index is 991. The van der Waals surface area contributed by atoms with Crippen LogP contribution in [0.5, 0.6) is 5.75 Å². The van der Waals surface area contributed by atoms with Crippen molar-refractivity contribution in [2.75, 3.05) is 32.3 Å². The Morgan fingerprint density at radius 3 is 2.14 bits per heavy atom. The maximum Gasteiger partial charge on any atom is 0.415 e. The first-order chi connectivity index (χ1) is 13.7. The molecule has 1 amide bonds. The van der Waals surface area contributed by atoms with Crippen molar-refractivity contribution in [3.63, 3.8) is 0 Å². The molecule has 0 fully saturated rings. The SMILES string of the molecule is COC(=O)c1c2c(c3ccccc3c1C(=O)OC)N(C(=O)OC(C)(C)C)CCO2. The number of hydrogen-bond acceptors (Lipinski definition) is 7. The van der Waals surface area contributed by atoms with E-state index >= 15 is 0 Å². The largest absolute Gasteiger partial charge is 0.489 e. The third-order valence-corrected chi connectivity index (χ3v) is 4.37. The molecule has 0 bridgehead atoms. The van der Waals surface area contributed by atoms with Crippen molar-refractivity contribution >= 4 is 34.5 Å². The smallest absolute Gasteiger partial charge is 0.415 e. The van der Waals surface area contributed by atoms with Gasteiger partial charge in [0.15, 0.2) is 5.75 Å². The van der Waals surface area contributed by atoms with E-state index in [0.717, 1.165) is 0 Å². The van der Waals surface area contributed by atoms with Crippen LogP contribution in [0.1, 0.15) is 41.5 Å². The molecule has 3 rings (SSSR count). The number of rotatable bonds is 2. The van der Waals surface area contributed by atoms with Crippen LogP contribution in [0.15, 0.2) is 24.3 Å². The van der Waals surface area contributed by atoms with E-state index in [9.17, 15) is 14.4 Å². The van der Waals surface area contributed by atoms with E-state index in [1.165, 1.54) is 19.1 Å². The van der Waals surface area contributed by atoms with Gasteiger partial charge in [0.2, 0.25) is 0 Å². The summed E-state index contributed by atoms with van der Waals surface area (Å²) in [4.78, 5) is 39.5. The Balaban J connectivity index is 2.37. The maximum absolute atomic E-state index is 12.9. The highest BCUT2D eigenvalue weighted by Crippen LogP contribution is 2.45. The van der Waals surface area contributed by atoms with E-state index in [1.807, 2.05) is 0 Å². The molecule has 0 atom stereocenters. The fraction of sp³-hybridized carbons (Fsp3) is 0.381. The Labute approximate surface area is 168 Å². The number of amides is 1. The fourth-order valence-electron chi connectivity index (χ4n) is 3.27. The third kappa shape index (κ3) is 3.70. The molecule has 1 heterocycles. The summed E-state index contributed by atoms with van der Waals surface area (Å²) in [5.74, 6) is -1.38. The summed E-state index contributed by atoms with van der Waals surface area (Å²) in [6.07, 6.45) is -0.575. The highest BCUT2D eigenvalue weighted by molar-refractivity contribution is 6.20. The summed E-state index contributed by atoms with van der Waals surface area (Å²) in [6, 6.07) is 6.91. The second-order valence-corrected chi connectivity index (χ2v) is 7.44. The Kier molecular flexibility index (Phi) is 5.37. The van der Waals surface area contributed by atoms with Crippen molar-refractivity contribution in [1.29, 1.82) is 0 Å². The van der Waals surface area contributed by atoms with Crippen molar-refractivity contribution in [3.8, 4) is 5.75 Å². The first-order valence-electron chi connectivity index (χ1n) is 9.08. The molecule has 2 aromatic carbocycles. The van der Waals surface area contributed by atoms with Gasteiger partial charge in [-0.1, -0.05) is 24.3 Å². The van der Waals surface area contributed by atoms with Crippen molar-refractivity contribution in [2.45, 2.75) is 26.4 Å². The van der Waals surface area contributed by atoms with Gasteiger partial charge in [-0.2, -0.15) is 0 Å². The lowest BCUT2D eigenvalue weighted by atomic mass is 9.94. The van der Waals surface area contributed by atoms with Crippen LogP contribution in [0.3, 0.4) is 0 Å². The zero-order chi connectivity index (χ0) is 21.3. The number of nitrogens with zero attached hydrogens (tertiary/aromatic N) is 1. The summed E-state index contributed by atoms with van der Waals surface area (Å²) < 4.78 is 21.1. The third-order valence-electron chi connectivity index (χ3n) is 4.37. The molecule has 8 heteroatoms. The van der Waals surface area contributed by atoms with Crippen LogP contribution in [0.25, 0.3) is 10.8 Å². The minimum absolute atomic E-state index is 0.0275. The number of benzene rings is 2. The van der Waals surface area contributed by atoms with E-state index in [2.05, 4.69) is 0 Å². The number of ether oxygens (including phenoxy) is 4. The summed E-state index contributed by atoms with van der Waals surface area (Å²) in [5.41, 5.74) is -0.405. The van der Waals surface area contributed by atoms with Crippen LogP contribution < -0.4 is 9.64 Å². The van der Waals surface area contributed by atoms with Gasteiger partial charge < -0.3 is 18.9 Å². The van der Waals surface area contributed by atoms with Gasteiger partial charge >= 0.3 is 18.0 Å². The number of carbonyl (C=O) groups excluding carboxylic acids is 3. The van der Waals surface area contributed by atoms with E-state index < -0.39 is 23.6 Å². The first kappa shape index (κ1) is 20.4. The van der Waals surface area contributed by atoms with Crippen LogP contribution >= 0.6 is 0 Å². The first-order valence-corrected chi connectivity index (χ1v) is 9.08. The zero-order valence-electron chi connectivity index (χ0n) is 17.0. The molecule has 1 aliphatic rings. The summed E-state index contributed by atoms with van der Waals surface area (Å²) in [6.45, 7) is 5.65. The van der Waals surface area contributed by atoms with Crippen molar-refractivity contribution in [3.05, 3.63) is 35.4 Å². The molecule has 0 unspecified atom stereocenters. The molecule has 29 heavy (non-hydrogen) atoms. The Hall–Kier alpha value is -3.29. The lowest BCUT2D eigenvalue weighted by Gasteiger charge is -2.33. The van der Waals surface area contributed by atoms with E-state index in [-0.39, 0.29) is 30.0 Å². The molecule has 0 spiro atoms. The van der Waals surface area contributed by atoms with Gasteiger partial charge in [0.25, 0.3) is 0 Å². The number of carbonyl (C=O) groups is 3. The van der Waals surface area contributed by atoms with Crippen LogP contribution in [-0.2, 0) is 14.2 Å². The van der Waals surface area contributed by atoms with Gasteiger partial charge in [-0.25, -0.2) is 14.4 Å². The number of fused-ring (bicyclic) bond motifs is 3. The summed E-state index contributed by atoms with van der Waals surface area (Å²) in [7, 11) is 2.44. The monoisotopic (exact) mass is 401 g/mol. The van der Waals surface area contributed by atoms with Gasteiger partial charge in [0.05, 0.1) is 32.0 Å². The minimum Gasteiger partial charge on any atom is -0.489 e. The molecule has 1 aliphatic heterocycles. The lowest BCUT2D eigenvalue weighted by molar-refractivity contribution is 0.0544. The average molecular weight is 401 g/mol. The van der Waals surface area contributed by atoms with Crippen molar-refractivity contribution in [2.24, 2.45) is 0 Å². The quantitative estimate of drug-likeness (QED) is 0.561. The van der Waals surface area contributed by atoms with E-state index in [0.29, 0.717) is 16.5 Å². The fourth-order valence-corrected chi connectivity index (χ4v) is 3.27. The number of anilines is 1. The molecule has 8 nitrogen and oxygen atoms in total. The van der Waals surface area contributed by atoms with Gasteiger partial charge in [-0.05, 0) is 26.2 Å². The Morgan fingerprint density at radius 2 is 1.55 bits per heavy atom. The van der Waals surface area contributed by atoms with Gasteiger partial charge in [-0.3, -0.25) is 4.90 Å². The molecule has 2 aromatic rings. The van der Waals surface area contributed by atoms with Crippen LogP contribution in [0.2, 0.25) is 0 Å². The zero-order valence-corrected chi connectivity index (χ0v) is 17.0. The number of methoxy groups -OCH3 is 2. The molecule has 0 N–H and O–H groups in total. The molecular formula is C21H23NO7. The lowest BCUT2D eigenvalue weighted by Crippen LogP contribution is -2.42. The van der Waals surface area contributed by atoms with Gasteiger partial charge in [0.1, 0.15) is 17.8 Å². The predicted molar refractivity (Wildman–Crippen MR) is 106 cm³/mol. The minimum atomic E-state index is -0.765. The van der Waals surface area contributed by atoms with Crippen LogP contribution in [-0.4, -0.2) is 51.0 Å². The molecule has 0 aromatic heterocycles. The van der Waals surface area contributed by atoms with Crippen LogP contribution in [0.4, 0.5) is 10.5 Å². The van der Waals surface area contributed by atoms with Gasteiger partial charge in [-0.15, -0.1) is 0 Å². The van der Waals surface area contributed by atoms with Crippen molar-refractivity contribution in [1.82, 2.24) is 0 Å². The van der Waals surface area contributed by atoms with Gasteiger partial charge in [0, 0.05) is 5.39 Å². The van der Waals surface area contributed by atoms with Crippen LogP contribution in [0, 0.1) is 0 Å². The molecule has 0 saturated carbocycles. The van der Waals surface area contributed by atoms with E-state index in [1.54, 1.807) is 45.0 Å². The molecule has 0 radical (unpaired) electrons. The number of esters is 2. The highest BCUT2D eigenvalue weighted by Gasteiger charge is 2.37. The predicted octanol–water partition coefficient (Wildman–Crippen LogP) is 3.55. The van der Waals surface area contributed by atoms with E-state index in [4.69, 9.17) is 18.9 Å². The number of hydrogen-bond donors (Lipinski definition) is 0. The molecule has 0 saturated heterocycles. The normalized spacial score (nSPS) is 13.3. The second kappa shape index (κ2) is 7.62. The maximum atomic E-state index is 12.9. The topological polar surface area (TPSA) is 91.4 Å². The molecular weight excluding hydrogens is 378 g/mol. The average Bonchev–Trinajstić information content (AvgIpc) is 2.69. The Morgan fingerprint density at radius 1 is 0.966 bits per heavy atom. The highest BCUT2D eigenvalue weighted by atomic mass is 16.6. The summed E-state index contributed by atoms with van der Waals surface area (Å²) in [5, 5.41) is 0.999. The standard InChI is InChI=1S/C21H23NO7/c1-21(2,3)29-20(25)22-10-11-28-17-15(19(24)27-5)14(18(23)26-4)12-8-6-7-9-13(12)16(17)22/h6-9H,10-11H2,1-5H3. The van der Waals surface area contributed by atoms with Crippen molar-refractivity contribution < 1.29 is 33.3 Å². The molecule has 154 valence electrons. The summed E-state index contributed by atoms with van der Waals surface area (Å²) >= 11 is 0.